The van der Waals surface area contributed by atoms with Gasteiger partial charge in [0.05, 0.1) is 18.6 Å². The van der Waals surface area contributed by atoms with Gasteiger partial charge in [0.15, 0.2) is 5.16 Å². The van der Waals surface area contributed by atoms with Crippen LogP contribution in [0.4, 0.5) is 5.69 Å². The molecule has 1 N–H and O–H groups in total. The van der Waals surface area contributed by atoms with Crippen molar-refractivity contribution in [1.29, 1.82) is 0 Å². The zero-order chi connectivity index (χ0) is 22.5. The van der Waals surface area contributed by atoms with Gasteiger partial charge < -0.3 is 14.6 Å². The van der Waals surface area contributed by atoms with Gasteiger partial charge in [0.25, 0.3) is 0 Å². The van der Waals surface area contributed by atoms with Crippen LogP contribution in [0.3, 0.4) is 0 Å². The van der Waals surface area contributed by atoms with Gasteiger partial charge in [0, 0.05) is 31.0 Å². The monoisotopic (exact) mass is 447 g/mol. The van der Waals surface area contributed by atoms with E-state index in [2.05, 4.69) is 45.2 Å². The van der Waals surface area contributed by atoms with Crippen LogP contribution in [0.5, 0.6) is 5.75 Å². The first-order chi connectivity index (χ1) is 15.5. The Hall–Kier alpha value is -3.52. The van der Waals surface area contributed by atoms with Crippen molar-refractivity contribution in [3.8, 4) is 11.4 Å². The minimum absolute atomic E-state index is 0.137. The molecule has 1 amide bonds. The highest BCUT2D eigenvalue weighted by Crippen LogP contribution is 2.26. The molecule has 2 heterocycles. The quantitative estimate of drug-likeness (QED) is 0.409. The van der Waals surface area contributed by atoms with Crippen LogP contribution < -0.4 is 10.1 Å². The molecule has 0 atom stereocenters. The first-order valence-corrected chi connectivity index (χ1v) is 11.2. The van der Waals surface area contributed by atoms with Crippen LogP contribution in [0.1, 0.15) is 17.1 Å². The summed E-state index contributed by atoms with van der Waals surface area (Å²) in [4.78, 5) is 12.6. The third kappa shape index (κ3) is 4.86. The summed E-state index contributed by atoms with van der Waals surface area (Å²) in [6, 6.07) is 19.6. The molecule has 0 unspecified atom stereocenters. The first kappa shape index (κ1) is 21.7. The van der Waals surface area contributed by atoms with Gasteiger partial charge in [-0.3, -0.25) is 9.36 Å². The number of carbonyl (C=O) groups excluding carboxylic acids is 1. The SMILES string of the molecule is COc1ccccc1NC(=O)CSc1nnc(Cc2cccn2C)n1-c1ccc(C)cc1. The van der Waals surface area contributed by atoms with E-state index in [9.17, 15) is 4.79 Å². The Morgan fingerprint density at radius 3 is 2.56 bits per heavy atom. The van der Waals surface area contributed by atoms with E-state index in [-0.39, 0.29) is 11.7 Å². The fraction of sp³-hybridized carbons (Fsp3) is 0.208. The lowest BCUT2D eigenvalue weighted by molar-refractivity contribution is -0.113. The van der Waals surface area contributed by atoms with Crippen molar-refractivity contribution in [2.45, 2.75) is 18.5 Å². The molecule has 4 rings (SSSR count). The number of hydrogen-bond acceptors (Lipinski definition) is 5. The number of carbonyl (C=O) groups is 1. The number of nitrogens with zero attached hydrogens (tertiary/aromatic N) is 4. The van der Waals surface area contributed by atoms with E-state index >= 15 is 0 Å². The van der Waals surface area contributed by atoms with Crippen LogP contribution in [0.25, 0.3) is 5.69 Å². The smallest absolute Gasteiger partial charge is 0.234 e. The maximum Gasteiger partial charge on any atom is 0.234 e. The average Bonchev–Trinajstić information content (AvgIpc) is 3.39. The predicted octanol–water partition coefficient (Wildman–Crippen LogP) is 4.24. The highest BCUT2D eigenvalue weighted by Gasteiger charge is 2.17. The van der Waals surface area contributed by atoms with Gasteiger partial charge in [-0.15, -0.1) is 10.2 Å². The van der Waals surface area contributed by atoms with E-state index in [4.69, 9.17) is 4.74 Å². The minimum atomic E-state index is -0.137. The summed E-state index contributed by atoms with van der Waals surface area (Å²) in [5.41, 5.74) is 3.93. The number of benzene rings is 2. The molecule has 164 valence electrons. The van der Waals surface area contributed by atoms with E-state index in [1.807, 2.05) is 60.3 Å². The number of amides is 1. The molecular formula is C24H25N5O2S. The van der Waals surface area contributed by atoms with Gasteiger partial charge in [-0.25, -0.2) is 0 Å². The lowest BCUT2D eigenvalue weighted by Crippen LogP contribution is -2.15. The van der Waals surface area contributed by atoms with E-state index < -0.39 is 0 Å². The van der Waals surface area contributed by atoms with Crippen molar-refractivity contribution >= 4 is 23.4 Å². The Kier molecular flexibility index (Phi) is 6.61. The van der Waals surface area contributed by atoms with Crippen LogP contribution in [0.2, 0.25) is 0 Å². The van der Waals surface area contributed by atoms with Gasteiger partial charge in [-0.05, 0) is 43.3 Å². The number of hydrogen-bond donors (Lipinski definition) is 1. The maximum atomic E-state index is 12.6. The van der Waals surface area contributed by atoms with Gasteiger partial charge in [0.2, 0.25) is 5.91 Å². The van der Waals surface area contributed by atoms with E-state index in [0.717, 1.165) is 17.2 Å². The van der Waals surface area contributed by atoms with Crippen LogP contribution in [-0.4, -0.2) is 38.1 Å². The molecular weight excluding hydrogens is 422 g/mol. The Bertz CT molecular complexity index is 1210. The van der Waals surface area contributed by atoms with E-state index in [1.54, 1.807) is 7.11 Å². The van der Waals surface area contributed by atoms with Gasteiger partial charge in [-0.1, -0.05) is 41.6 Å². The van der Waals surface area contributed by atoms with Crippen LogP contribution in [-0.2, 0) is 18.3 Å². The summed E-state index contributed by atoms with van der Waals surface area (Å²) in [6.07, 6.45) is 2.65. The molecule has 32 heavy (non-hydrogen) atoms. The lowest BCUT2D eigenvalue weighted by Gasteiger charge is -2.12. The number of methoxy groups -OCH3 is 1. The van der Waals surface area contributed by atoms with Crippen LogP contribution in [0, 0.1) is 6.92 Å². The molecule has 0 fully saturated rings. The van der Waals surface area contributed by atoms with Gasteiger partial charge in [0.1, 0.15) is 11.6 Å². The van der Waals surface area contributed by atoms with Crippen LogP contribution >= 0.6 is 11.8 Å². The molecule has 8 heteroatoms. The molecule has 0 bridgehead atoms. The van der Waals surface area contributed by atoms with Crippen molar-refractivity contribution in [2.75, 3.05) is 18.2 Å². The fourth-order valence-corrected chi connectivity index (χ4v) is 4.14. The van der Waals surface area contributed by atoms with Crippen molar-refractivity contribution in [3.05, 3.63) is 83.9 Å². The number of thioether (sulfide) groups is 1. The second-order valence-corrected chi connectivity index (χ2v) is 8.34. The molecule has 0 radical (unpaired) electrons. The number of nitrogens with one attached hydrogen (secondary N) is 1. The van der Waals surface area contributed by atoms with E-state index in [0.29, 0.717) is 23.0 Å². The number of rotatable bonds is 8. The molecule has 0 aliphatic heterocycles. The molecule has 4 aromatic rings. The number of ether oxygens (including phenoxy) is 1. The largest absolute Gasteiger partial charge is 0.495 e. The number of aryl methyl sites for hydroxylation is 2. The number of anilines is 1. The molecule has 0 spiro atoms. The molecule has 0 saturated heterocycles. The number of aromatic nitrogens is 4. The molecule has 2 aromatic heterocycles. The van der Waals surface area contributed by atoms with Crippen molar-refractivity contribution in [2.24, 2.45) is 7.05 Å². The Morgan fingerprint density at radius 1 is 1.06 bits per heavy atom. The average molecular weight is 448 g/mol. The Balaban J connectivity index is 1.56. The van der Waals surface area contributed by atoms with Crippen molar-refractivity contribution in [3.63, 3.8) is 0 Å². The molecule has 2 aromatic carbocycles. The summed E-state index contributed by atoms with van der Waals surface area (Å²) in [5, 5.41) is 12.4. The molecule has 7 nitrogen and oxygen atoms in total. The molecule has 0 aliphatic rings. The zero-order valence-corrected chi connectivity index (χ0v) is 19.1. The van der Waals surface area contributed by atoms with Crippen molar-refractivity contribution < 1.29 is 9.53 Å². The van der Waals surface area contributed by atoms with Crippen LogP contribution in [0.15, 0.2) is 72.0 Å². The summed E-state index contributed by atoms with van der Waals surface area (Å²) >= 11 is 1.35. The van der Waals surface area contributed by atoms with Crippen molar-refractivity contribution in [1.82, 2.24) is 19.3 Å². The summed E-state index contributed by atoms with van der Waals surface area (Å²) in [5.74, 6) is 1.51. The standard InChI is InChI=1S/C24H25N5O2S/c1-17-10-12-18(13-11-17)29-22(15-19-7-6-14-28(19)2)26-27-24(29)32-16-23(30)25-20-8-4-5-9-21(20)31-3/h4-14H,15-16H2,1-3H3,(H,25,30). The van der Waals surface area contributed by atoms with E-state index in [1.165, 1.54) is 17.3 Å². The summed E-state index contributed by atoms with van der Waals surface area (Å²) in [7, 11) is 3.60. The second-order valence-electron chi connectivity index (χ2n) is 7.39. The Labute approximate surface area is 191 Å². The normalized spacial score (nSPS) is 10.8. The third-order valence-corrected chi connectivity index (χ3v) is 6.03. The topological polar surface area (TPSA) is 74.0 Å². The van der Waals surface area contributed by atoms with Gasteiger partial charge in [-0.2, -0.15) is 0 Å². The lowest BCUT2D eigenvalue weighted by atomic mass is 10.2. The maximum absolute atomic E-state index is 12.6. The third-order valence-electron chi connectivity index (χ3n) is 5.10. The molecule has 0 saturated carbocycles. The zero-order valence-electron chi connectivity index (χ0n) is 18.3. The highest BCUT2D eigenvalue weighted by atomic mass is 32.2. The second kappa shape index (κ2) is 9.74. The fourth-order valence-electron chi connectivity index (χ4n) is 3.37. The molecule has 0 aliphatic carbocycles. The summed E-state index contributed by atoms with van der Waals surface area (Å²) < 4.78 is 9.40. The minimum Gasteiger partial charge on any atom is -0.495 e. The number of para-hydroxylation sites is 2. The predicted molar refractivity (Wildman–Crippen MR) is 127 cm³/mol. The highest BCUT2D eigenvalue weighted by molar-refractivity contribution is 7.99. The summed E-state index contributed by atoms with van der Waals surface area (Å²) in [6.45, 7) is 2.05. The first-order valence-electron chi connectivity index (χ1n) is 10.2. The van der Waals surface area contributed by atoms with Gasteiger partial charge >= 0.3 is 0 Å². The Morgan fingerprint density at radius 2 is 1.84 bits per heavy atom.